The first-order chi connectivity index (χ1) is 18.6. The molecule has 36 heavy (non-hydrogen) atoms. The summed E-state index contributed by atoms with van der Waals surface area (Å²) in [5.41, 5.74) is -0.350. The lowest BCUT2D eigenvalue weighted by atomic mass is 9.83. The van der Waals surface area contributed by atoms with Crippen LogP contribution < -0.4 is 20.3 Å². The van der Waals surface area contributed by atoms with E-state index in [2.05, 4.69) is 31.7 Å². The largest absolute Gasteiger partial charge is 0.494 e. The summed E-state index contributed by atoms with van der Waals surface area (Å²) in [4.78, 5) is 31.9. The number of hydrogen-bond acceptors (Lipinski definition) is 9. The van der Waals surface area contributed by atoms with Crippen molar-refractivity contribution in [3.8, 4) is 23.2 Å². The molecule has 184 valence electrons. The molecule has 12 nitrogen and oxygen atoms in total. The van der Waals surface area contributed by atoms with Crippen molar-refractivity contribution in [3.63, 3.8) is 0 Å². The lowest BCUT2D eigenvalue weighted by molar-refractivity contribution is -0.123. The molecule has 3 heterocycles. The quantitative estimate of drug-likeness (QED) is 0.507. The first-order valence-corrected chi connectivity index (χ1v) is 11.3. The van der Waals surface area contributed by atoms with Crippen molar-refractivity contribution in [1.29, 1.82) is 5.26 Å². The minimum atomic E-state index is -2.77. The van der Waals surface area contributed by atoms with Gasteiger partial charge in [-0.2, -0.15) is 10.4 Å². The Kier molecular flexibility index (Phi) is 4.89. The first-order valence-electron chi connectivity index (χ1n) is 12.8. The molecule has 5 rings (SSSR count). The van der Waals surface area contributed by atoms with Gasteiger partial charge in [0.05, 0.1) is 30.1 Å². The summed E-state index contributed by atoms with van der Waals surface area (Å²) in [6, 6.07) is 8.84. The van der Waals surface area contributed by atoms with Crippen LogP contribution in [-0.4, -0.2) is 57.4 Å². The number of nitriles is 1. The number of carbonyl (C=O) groups excluding carboxylic acids is 2. The van der Waals surface area contributed by atoms with Gasteiger partial charge in [-0.25, -0.2) is 4.98 Å². The van der Waals surface area contributed by atoms with E-state index >= 15 is 0 Å². The van der Waals surface area contributed by atoms with E-state index in [1.807, 2.05) is 5.32 Å². The first kappa shape index (κ1) is 19.7. The number of benzene rings is 1. The lowest BCUT2D eigenvalue weighted by Crippen LogP contribution is -2.36. The number of rotatable bonds is 7. The minimum Gasteiger partial charge on any atom is -0.494 e. The zero-order valence-electron chi connectivity index (χ0n) is 22.6. The Morgan fingerprint density at radius 3 is 2.83 bits per heavy atom. The Morgan fingerprint density at radius 2 is 2.17 bits per heavy atom. The maximum Gasteiger partial charge on any atom is 0.273 e. The minimum absolute atomic E-state index is 0.0158. The number of amides is 2. The molecule has 0 radical (unpaired) electrons. The Morgan fingerprint density at radius 1 is 1.33 bits per heavy atom. The highest BCUT2D eigenvalue weighted by Gasteiger charge is 2.57. The van der Waals surface area contributed by atoms with Crippen LogP contribution >= 0.6 is 0 Å². The van der Waals surface area contributed by atoms with Crippen molar-refractivity contribution in [2.45, 2.75) is 19.3 Å². The third-order valence-electron chi connectivity index (χ3n) is 6.55. The van der Waals surface area contributed by atoms with Crippen LogP contribution in [0.1, 0.15) is 33.9 Å². The second kappa shape index (κ2) is 8.92. The highest BCUT2D eigenvalue weighted by Crippen LogP contribution is 2.51. The molecule has 3 aromatic rings. The summed E-state index contributed by atoms with van der Waals surface area (Å²) in [5, 5.41) is 27.2. The van der Waals surface area contributed by atoms with Crippen LogP contribution in [-0.2, 0) is 11.8 Å². The number of aromatic nitrogens is 5. The van der Waals surface area contributed by atoms with Crippen molar-refractivity contribution in [2.24, 2.45) is 18.4 Å². The second-order valence-electron chi connectivity index (χ2n) is 8.74. The predicted molar refractivity (Wildman–Crippen MR) is 129 cm³/mol. The maximum absolute atomic E-state index is 13.3. The summed E-state index contributed by atoms with van der Waals surface area (Å²) < 4.78 is 29.4. The van der Waals surface area contributed by atoms with Gasteiger partial charge in [-0.05, 0) is 37.3 Å². The molecule has 0 spiro atoms. The molecule has 1 aromatic carbocycles. The van der Waals surface area contributed by atoms with Gasteiger partial charge in [0.2, 0.25) is 5.91 Å². The lowest BCUT2D eigenvalue weighted by Gasteiger charge is -2.21. The van der Waals surface area contributed by atoms with Crippen LogP contribution in [0.5, 0.6) is 5.75 Å². The third kappa shape index (κ3) is 3.78. The Bertz CT molecular complexity index is 1500. The SMILES string of the molecule is [2H]C([2H])([2H])NC(=O)c1nnc(N2CCC(C#N)(C3CC3)C2=O)cc1Nc1cccc(-c2ncn(C)n2)c1OC. The smallest absolute Gasteiger partial charge is 0.273 e. The molecule has 2 amide bonds. The van der Waals surface area contributed by atoms with Crippen molar-refractivity contribution in [1.82, 2.24) is 30.3 Å². The van der Waals surface area contributed by atoms with Crippen LogP contribution in [0.15, 0.2) is 30.6 Å². The number of carbonyl (C=O) groups is 2. The highest BCUT2D eigenvalue weighted by atomic mass is 16.5. The van der Waals surface area contributed by atoms with Crippen LogP contribution in [0.4, 0.5) is 17.2 Å². The molecular weight excluding hydrogens is 462 g/mol. The standard InChI is InChI=1S/C24H25N9O3/c1-26-22(34)19-17(28-16-6-4-5-15(20(16)36-3)21-27-13-32(2)31-21)11-18(29-30-19)33-10-9-24(12-25,23(33)35)14-7-8-14/h4-6,11,13-14H,7-10H2,1-3H3,(H,26,34)(H,28,29)/i1D3. The maximum atomic E-state index is 13.3. The normalized spacial score (nSPS) is 20.8. The predicted octanol–water partition coefficient (Wildman–Crippen LogP) is 2.04. The van der Waals surface area contributed by atoms with Gasteiger partial charge in [0.1, 0.15) is 11.7 Å². The van der Waals surface area contributed by atoms with E-state index in [-0.39, 0.29) is 35.6 Å². The molecule has 1 saturated carbocycles. The summed E-state index contributed by atoms with van der Waals surface area (Å²) in [6.45, 7) is -2.50. The molecule has 2 aliphatic rings. The number of anilines is 3. The van der Waals surface area contributed by atoms with Crippen LogP contribution in [0.25, 0.3) is 11.4 Å². The molecule has 1 atom stereocenters. The van der Waals surface area contributed by atoms with E-state index in [4.69, 9.17) is 8.85 Å². The Hall–Kier alpha value is -4.53. The number of nitrogens with one attached hydrogen (secondary N) is 2. The van der Waals surface area contributed by atoms with Gasteiger partial charge in [0.25, 0.3) is 5.91 Å². The van der Waals surface area contributed by atoms with E-state index in [0.29, 0.717) is 29.2 Å². The Labute approximate surface area is 211 Å². The Balaban J connectivity index is 1.55. The number of ether oxygens (including phenoxy) is 1. The van der Waals surface area contributed by atoms with Gasteiger partial charge >= 0.3 is 0 Å². The van der Waals surface area contributed by atoms with E-state index in [0.717, 1.165) is 12.8 Å². The molecule has 1 saturated heterocycles. The van der Waals surface area contributed by atoms with E-state index in [1.54, 1.807) is 36.3 Å². The molecule has 2 N–H and O–H groups in total. The summed E-state index contributed by atoms with van der Waals surface area (Å²) in [5.74, 6) is -0.432. The van der Waals surface area contributed by atoms with Crippen molar-refractivity contribution in [3.05, 3.63) is 36.3 Å². The fourth-order valence-electron chi connectivity index (χ4n) is 4.58. The third-order valence-corrected chi connectivity index (χ3v) is 6.55. The van der Waals surface area contributed by atoms with Crippen LogP contribution in [0.3, 0.4) is 0 Å². The molecule has 1 unspecified atom stereocenters. The molecule has 2 fully saturated rings. The molecule has 1 aliphatic heterocycles. The van der Waals surface area contributed by atoms with Crippen molar-refractivity contribution in [2.75, 3.05) is 30.8 Å². The topological polar surface area (TPSA) is 151 Å². The summed E-state index contributed by atoms with van der Waals surface area (Å²) >= 11 is 0. The molecule has 0 bridgehead atoms. The summed E-state index contributed by atoms with van der Waals surface area (Å²) in [7, 11) is 3.20. The molecule has 1 aliphatic carbocycles. The van der Waals surface area contributed by atoms with E-state index < -0.39 is 18.3 Å². The number of methoxy groups -OCH3 is 1. The average molecular weight is 491 g/mol. The number of para-hydroxylation sites is 1. The number of aryl methyl sites for hydroxylation is 1. The fraction of sp³-hybridized carbons (Fsp3) is 0.375. The summed E-state index contributed by atoms with van der Waals surface area (Å²) in [6.07, 6.45) is 3.55. The van der Waals surface area contributed by atoms with Gasteiger partial charge in [-0.3, -0.25) is 19.2 Å². The van der Waals surface area contributed by atoms with Gasteiger partial charge in [-0.1, -0.05) is 6.07 Å². The van der Waals surface area contributed by atoms with E-state index in [1.165, 1.54) is 18.1 Å². The van der Waals surface area contributed by atoms with Crippen LogP contribution in [0, 0.1) is 22.7 Å². The van der Waals surface area contributed by atoms with Gasteiger partial charge in [0.15, 0.2) is 23.1 Å². The average Bonchev–Trinajstić information content (AvgIpc) is 3.57. The fourth-order valence-corrected chi connectivity index (χ4v) is 4.58. The number of nitrogens with zero attached hydrogens (tertiary/aromatic N) is 7. The second-order valence-corrected chi connectivity index (χ2v) is 8.74. The van der Waals surface area contributed by atoms with Crippen molar-refractivity contribution < 1.29 is 18.4 Å². The number of hydrogen-bond donors (Lipinski definition) is 2. The molecular formula is C24H25N9O3. The monoisotopic (exact) mass is 490 g/mol. The van der Waals surface area contributed by atoms with Gasteiger partial charge in [-0.15, -0.1) is 10.2 Å². The van der Waals surface area contributed by atoms with Gasteiger partial charge in [0, 0.05) is 30.7 Å². The molecule has 12 heteroatoms. The van der Waals surface area contributed by atoms with Crippen molar-refractivity contribution >= 4 is 29.0 Å². The zero-order chi connectivity index (χ0) is 27.9. The van der Waals surface area contributed by atoms with E-state index in [9.17, 15) is 14.9 Å². The highest BCUT2D eigenvalue weighted by molar-refractivity contribution is 6.03. The van der Waals surface area contributed by atoms with Crippen LogP contribution in [0.2, 0.25) is 0 Å². The molecule has 2 aromatic heterocycles. The zero-order valence-corrected chi connectivity index (χ0v) is 19.6. The van der Waals surface area contributed by atoms with Gasteiger partial charge < -0.3 is 15.4 Å².